The summed E-state index contributed by atoms with van der Waals surface area (Å²) in [6.45, 7) is 1.99. The fourth-order valence-electron chi connectivity index (χ4n) is 6.42. The highest BCUT2D eigenvalue weighted by Crippen LogP contribution is 2.66. The van der Waals surface area contributed by atoms with Gasteiger partial charge in [0.05, 0.1) is 28.9 Å². The summed E-state index contributed by atoms with van der Waals surface area (Å²) in [6.07, 6.45) is 2.10. The molecule has 2 saturated heterocycles. The minimum absolute atomic E-state index is 0.0669. The monoisotopic (exact) mass is 662 g/mol. The van der Waals surface area contributed by atoms with Crippen LogP contribution in [0.4, 0.5) is 0 Å². The first-order valence-electron chi connectivity index (χ1n) is 11.4. The number of nitrogens with zero attached hydrogens (tertiary/aromatic N) is 2. The number of imide groups is 2. The lowest BCUT2D eigenvalue weighted by Crippen LogP contribution is -2.60. The first kappa shape index (κ1) is 26.0. The number of phenols is 1. The average molecular weight is 665 g/mol. The van der Waals surface area contributed by atoms with Crippen LogP contribution in [0.2, 0.25) is 0 Å². The Morgan fingerprint density at radius 1 is 1.11 bits per heavy atom. The van der Waals surface area contributed by atoms with Crippen molar-refractivity contribution in [3.8, 4) is 11.5 Å². The largest absolute Gasteiger partial charge is 0.503 e. The third-order valence-corrected chi connectivity index (χ3v) is 10.5. The topological polar surface area (TPSA) is 104 Å². The van der Waals surface area contributed by atoms with Crippen molar-refractivity contribution in [2.24, 2.45) is 17.8 Å². The van der Waals surface area contributed by atoms with Crippen LogP contribution >= 0.6 is 55.1 Å². The Labute approximate surface area is 234 Å². The van der Waals surface area contributed by atoms with E-state index in [1.165, 1.54) is 12.0 Å². The maximum absolute atomic E-state index is 13.7. The van der Waals surface area contributed by atoms with Crippen LogP contribution in [0.3, 0.4) is 0 Å². The molecular weight excluding hydrogens is 643 g/mol. The van der Waals surface area contributed by atoms with Crippen LogP contribution in [-0.4, -0.2) is 67.4 Å². The molecule has 5 rings (SSSR count). The summed E-state index contributed by atoms with van der Waals surface area (Å²) < 4.78 is 5.63. The highest BCUT2D eigenvalue weighted by atomic mass is 79.9. The highest BCUT2D eigenvalue weighted by molar-refractivity contribution is 9.10. The summed E-state index contributed by atoms with van der Waals surface area (Å²) in [4.78, 5) is 52.1. The fraction of sp³-hybridized carbons (Fsp3) is 0.500. The Morgan fingerprint density at radius 2 is 1.81 bits per heavy atom. The van der Waals surface area contributed by atoms with Gasteiger partial charge in [-0.15, -0.1) is 23.2 Å². The molecule has 4 aliphatic rings. The molecule has 8 nitrogen and oxygen atoms in total. The second-order valence-electron chi connectivity index (χ2n) is 9.46. The van der Waals surface area contributed by atoms with E-state index in [-0.39, 0.29) is 41.7 Å². The molecule has 0 spiro atoms. The zero-order chi connectivity index (χ0) is 26.3. The highest BCUT2D eigenvalue weighted by Gasteiger charge is 2.76. The van der Waals surface area contributed by atoms with Crippen LogP contribution in [0.1, 0.15) is 31.2 Å². The van der Waals surface area contributed by atoms with Gasteiger partial charge < -0.3 is 9.84 Å². The molecule has 1 N–H and O–H groups in total. The van der Waals surface area contributed by atoms with E-state index in [2.05, 4.69) is 31.9 Å². The van der Waals surface area contributed by atoms with E-state index in [1.54, 1.807) is 19.1 Å². The van der Waals surface area contributed by atoms with Crippen molar-refractivity contribution in [2.75, 3.05) is 19.1 Å². The summed E-state index contributed by atoms with van der Waals surface area (Å²) in [6, 6.07) is 3.16. The Hall–Kier alpha value is -1.62. The SMILES string of the molecule is CCN1C(=O)C2CC=C3C(CC4(Cl)C(=O)N(CBr)C(=O)C4(Cl)C3c3cc(Br)c(O)c(OC)c3)C2C1=O. The summed E-state index contributed by atoms with van der Waals surface area (Å²) in [5.74, 6) is -4.64. The molecule has 2 heterocycles. The van der Waals surface area contributed by atoms with Crippen LogP contribution in [0.25, 0.3) is 0 Å². The molecule has 0 aromatic heterocycles. The predicted molar refractivity (Wildman–Crippen MR) is 138 cm³/mol. The molecule has 6 atom stereocenters. The molecule has 0 radical (unpaired) electrons. The number of alkyl halides is 3. The fourth-order valence-corrected chi connectivity index (χ4v) is 8.31. The van der Waals surface area contributed by atoms with Gasteiger partial charge in [-0.1, -0.05) is 27.6 Å². The lowest BCUT2D eigenvalue weighted by atomic mass is 9.56. The zero-order valence-corrected chi connectivity index (χ0v) is 23.9. The number of rotatable bonds is 4. The molecule has 36 heavy (non-hydrogen) atoms. The molecule has 2 aliphatic heterocycles. The van der Waals surface area contributed by atoms with Gasteiger partial charge in [-0.2, -0.15) is 0 Å². The minimum Gasteiger partial charge on any atom is -0.503 e. The number of phenolic OH excluding ortho intramolecular Hbond substituents is 1. The number of carbonyl (C=O) groups excluding carboxylic acids is 4. The van der Waals surface area contributed by atoms with Crippen molar-refractivity contribution in [2.45, 2.75) is 35.4 Å². The Bertz CT molecular complexity index is 1260. The molecule has 6 unspecified atom stereocenters. The second-order valence-corrected chi connectivity index (χ2v) is 12.1. The number of methoxy groups -OCH3 is 1. The van der Waals surface area contributed by atoms with Gasteiger partial charge in [0.1, 0.15) is 0 Å². The molecule has 12 heteroatoms. The van der Waals surface area contributed by atoms with Gasteiger partial charge in [-0.05, 0) is 59.3 Å². The van der Waals surface area contributed by atoms with Gasteiger partial charge in [0, 0.05) is 12.5 Å². The van der Waals surface area contributed by atoms with Gasteiger partial charge in [0.2, 0.25) is 11.8 Å². The maximum atomic E-state index is 13.7. The number of hydrogen-bond donors (Lipinski definition) is 1. The van der Waals surface area contributed by atoms with Crippen molar-refractivity contribution >= 4 is 78.7 Å². The molecule has 0 bridgehead atoms. The smallest absolute Gasteiger partial charge is 0.254 e. The Kier molecular flexibility index (Phi) is 6.29. The number of halogens is 4. The van der Waals surface area contributed by atoms with E-state index in [0.717, 1.165) is 4.90 Å². The molecule has 1 aromatic rings. The van der Waals surface area contributed by atoms with Gasteiger partial charge in [-0.25, -0.2) is 0 Å². The van der Waals surface area contributed by atoms with Gasteiger partial charge in [0.15, 0.2) is 21.2 Å². The third kappa shape index (κ3) is 3.10. The Balaban J connectivity index is 1.77. The number of amides is 4. The van der Waals surface area contributed by atoms with Crippen LogP contribution in [0, 0.1) is 17.8 Å². The van der Waals surface area contributed by atoms with Crippen molar-refractivity contribution in [1.29, 1.82) is 0 Å². The van der Waals surface area contributed by atoms with E-state index in [0.29, 0.717) is 22.0 Å². The number of fused-ring (bicyclic) bond motifs is 4. The number of ether oxygens (including phenoxy) is 1. The van der Waals surface area contributed by atoms with E-state index in [9.17, 15) is 24.3 Å². The number of likely N-dealkylation sites (tertiary alicyclic amines) is 2. The van der Waals surface area contributed by atoms with Crippen molar-refractivity contribution < 1.29 is 29.0 Å². The molecule has 3 fully saturated rings. The zero-order valence-electron chi connectivity index (χ0n) is 19.3. The minimum atomic E-state index is -1.91. The summed E-state index contributed by atoms with van der Waals surface area (Å²) >= 11 is 20.8. The molecule has 4 amide bonds. The van der Waals surface area contributed by atoms with Crippen molar-refractivity contribution in [1.82, 2.24) is 9.80 Å². The third-order valence-electron chi connectivity index (χ3n) is 8.03. The normalized spacial score (nSPS) is 35.6. The maximum Gasteiger partial charge on any atom is 0.254 e. The number of hydrogen-bond acceptors (Lipinski definition) is 6. The van der Waals surface area contributed by atoms with Crippen molar-refractivity contribution in [3.05, 3.63) is 33.8 Å². The van der Waals surface area contributed by atoms with Gasteiger partial charge >= 0.3 is 0 Å². The van der Waals surface area contributed by atoms with E-state index < -0.39 is 45.2 Å². The lowest BCUT2D eigenvalue weighted by Gasteiger charge is -2.50. The number of benzene rings is 1. The van der Waals surface area contributed by atoms with E-state index >= 15 is 0 Å². The van der Waals surface area contributed by atoms with E-state index in [4.69, 9.17) is 27.9 Å². The van der Waals surface area contributed by atoms with Gasteiger partial charge in [0.25, 0.3) is 11.8 Å². The van der Waals surface area contributed by atoms with Gasteiger partial charge in [-0.3, -0.25) is 29.0 Å². The van der Waals surface area contributed by atoms with Crippen LogP contribution in [-0.2, 0) is 19.2 Å². The van der Waals surface area contributed by atoms with E-state index in [1.807, 2.05) is 6.08 Å². The standard InChI is InChI=1S/C24H22Br2Cl2N2O6/c1-3-29-19(32)12-5-4-11-13(16(12)20(29)33)8-23(27)21(34)30(9-25)22(35)24(23,28)17(11)10-6-14(26)18(31)15(7-10)36-2/h4,6-7,12-13,16-17,31H,3,5,8-9H2,1-2H3. The predicted octanol–water partition coefficient (Wildman–Crippen LogP) is 3.89. The average Bonchev–Trinajstić information content (AvgIpc) is 3.18. The molecule has 2 aliphatic carbocycles. The molecule has 1 saturated carbocycles. The van der Waals surface area contributed by atoms with Crippen molar-refractivity contribution in [3.63, 3.8) is 0 Å². The first-order chi connectivity index (χ1) is 17.0. The Morgan fingerprint density at radius 3 is 2.42 bits per heavy atom. The first-order valence-corrected chi connectivity index (χ1v) is 14.1. The molecule has 1 aromatic carbocycles. The summed E-state index contributed by atoms with van der Waals surface area (Å²) in [7, 11) is 1.39. The van der Waals surface area contributed by atoms with Crippen LogP contribution in [0.5, 0.6) is 11.5 Å². The number of carbonyl (C=O) groups is 4. The number of allylic oxidation sites excluding steroid dienone is 2. The second kappa shape index (κ2) is 8.71. The van der Waals surface area contributed by atoms with Crippen LogP contribution < -0.4 is 4.74 Å². The van der Waals surface area contributed by atoms with Crippen LogP contribution in [0.15, 0.2) is 28.3 Å². The summed E-state index contributed by atoms with van der Waals surface area (Å²) in [5, 5.41) is 10.4. The molecular formula is C24H22Br2Cl2N2O6. The lowest BCUT2D eigenvalue weighted by molar-refractivity contribution is -0.141. The summed E-state index contributed by atoms with van der Waals surface area (Å²) in [5.41, 5.74) is 1.06. The molecule has 192 valence electrons. The quantitative estimate of drug-likeness (QED) is 0.227. The number of aromatic hydroxyl groups is 1.